The van der Waals surface area contributed by atoms with E-state index in [1.807, 2.05) is 0 Å². The number of amides is 2. The SMILES string of the molecule is O=C(O)[C@H]([C@H](O)c1ccc2c(c1)OCO2)N1C(=O)c2ccccc2C1=O. The fraction of sp³-hybridized carbons (Fsp3) is 0.167. The summed E-state index contributed by atoms with van der Waals surface area (Å²) in [6.07, 6.45) is -1.63. The molecule has 2 amide bonds. The third-order valence-electron chi connectivity index (χ3n) is 4.39. The van der Waals surface area contributed by atoms with Gasteiger partial charge in [0.05, 0.1) is 11.1 Å². The first-order valence-electron chi connectivity index (χ1n) is 7.76. The molecule has 0 saturated heterocycles. The molecule has 0 radical (unpaired) electrons. The van der Waals surface area contributed by atoms with E-state index in [1.54, 1.807) is 12.1 Å². The quantitative estimate of drug-likeness (QED) is 0.792. The highest BCUT2D eigenvalue weighted by Gasteiger charge is 2.46. The van der Waals surface area contributed by atoms with E-state index in [4.69, 9.17) is 9.47 Å². The van der Waals surface area contributed by atoms with Crippen LogP contribution >= 0.6 is 0 Å². The van der Waals surface area contributed by atoms with Gasteiger partial charge in [-0.05, 0) is 29.8 Å². The zero-order chi connectivity index (χ0) is 18.4. The number of aliphatic hydroxyl groups excluding tert-OH is 1. The maximum Gasteiger partial charge on any atom is 0.330 e. The average molecular weight is 355 g/mol. The summed E-state index contributed by atoms with van der Waals surface area (Å²) >= 11 is 0. The maximum atomic E-state index is 12.6. The van der Waals surface area contributed by atoms with E-state index in [0.29, 0.717) is 16.4 Å². The first kappa shape index (κ1) is 16.1. The predicted octanol–water partition coefficient (Wildman–Crippen LogP) is 1.20. The largest absolute Gasteiger partial charge is 0.480 e. The topological polar surface area (TPSA) is 113 Å². The Morgan fingerprint density at radius 3 is 2.23 bits per heavy atom. The first-order valence-corrected chi connectivity index (χ1v) is 7.76. The van der Waals surface area contributed by atoms with Crippen LogP contribution < -0.4 is 9.47 Å². The van der Waals surface area contributed by atoms with Crippen molar-refractivity contribution in [3.05, 3.63) is 59.2 Å². The molecule has 2 N–H and O–H groups in total. The number of aliphatic carboxylic acids is 1. The molecule has 2 aliphatic rings. The van der Waals surface area contributed by atoms with Gasteiger partial charge in [0, 0.05) is 0 Å². The summed E-state index contributed by atoms with van der Waals surface area (Å²) in [4.78, 5) is 37.5. The van der Waals surface area contributed by atoms with Crippen LogP contribution in [0.25, 0.3) is 0 Å². The molecule has 8 heteroatoms. The molecule has 2 aromatic carbocycles. The van der Waals surface area contributed by atoms with Gasteiger partial charge in [0.2, 0.25) is 6.79 Å². The lowest BCUT2D eigenvalue weighted by Crippen LogP contribution is -2.48. The van der Waals surface area contributed by atoms with Gasteiger partial charge in [-0.2, -0.15) is 0 Å². The lowest BCUT2D eigenvalue weighted by atomic mass is 10.0. The van der Waals surface area contributed by atoms with Gasteiger partial charge in [0.1, 0.15) is 6.10 Å². The molecule has 4 rings (SSSR count). The summed E-state index contributed by atoms with van der Waals surface area (Å²) in [5.74, 6) is -2.18. The van der Waals surface area contributed by atoms with Gasteiger partial charge < -0.3 is 19.7 Å². The summed E-state index contributed by atoms with van der Waals surface area (Å²) in [7, 11) is 0. The smallest absolute Gasteiger partial charge is 0.330 e. The summed E-state index contributed by atoms with van der Waals surface area (Å²) in [5.41, 5.74) is 0.418. The minimum Gasteiger partial charge on any atom is -0.480 e. The number of hydrogen-bond donors (Lipinski definition) is 2. The van der Waals surface area contributed by atoms with E-state index in [2.05, 4.69) is 0 Å². The normalized spacial score (nSPS) is 17.2. The Balaban J connectivity index is 1.72. The minimum absolute atomic E-state index is 0.0235. The number of hydrogen-bond acceptors (Lipinski definition) is 6. The summed E-state index contributed by atoms with van der Waals surface area (Å²) in [6.45, 7) is 0.0235. The number of carboxylic acid groups (broad SMARTS) is 1. The zero-order valence-corrected chi connectivity index (χ0v) is 13.3. The second kappa shape index (κ2) is 5.85. The van der Waals surface area contributed by atoms with E-state index in [0.717, 1.165) is 0 Å². The highest BCUT2D eigenvalue weighted by molar-refractivity contribution is 6.22. The van der Waals surface area contributed by atoms with Gasteiger partial charge in [0.15, 0.2) is 17.5 Å². The van der Waals surface area contributed by atoms with Crippen LogP contribution in [0.4, 0.5) is 0 Å². The Morgan fingerprint density at radius 2 is 1.62 bits per heavy atom. The van der Waals surface area contributed by atoms with E-state index >= 15 is 0 Å². The number of nitrogens with zero attached hydrogens (tertiary/aromatic N) is 1. The predicted molar refractivity (Wildman–Crippen MR) is 85.9 cm³/mol. The number of benzene rings is 2. The molecular weight excluding hydrogens is 342 g/mol. The molecule has 2 aromatic rings. The Kier molecular flexibility index (Phi) is 3.62. The van der Waals surface area contributed by atoms with Crippen molar-refractivity contribution in [1.29, 1.82) is 0 Å². The Hall–Kier alpha value is -3.39. The zero-order valence-electron chi connectivity index (χ0n) is 13.3. The Morgan fingerprint density at radius 1 is 1.00 bits per heavy atom. The number of imide groups is 1. The summed E-state index contributed by atoms with van der Waals surface area (Å²) < 4.78 is 10.4. The number of ether oxygens (including phenoxy) is 2. The number of fused-ring (bicyclic) bond motifs is 2. The van der Waals surface area contributed by atoms with E-state index in [-0.39, 0.29) is 23.5 Å². The van der Waals surface area contributed by atoms with Crippen molar-refractivity contribution in [2.45, 2.75) is 12.1 Å². The molecule has 0 unspecified atom stereocenters. The summed E-state index contributed by atoms with van der Waals surface area (Å²) in [6, 6.07) is 8.70. The van der Waals surface area contributed by atoms with E-state index < -0.39 is 29.9 Å². The number of carbonyl (C=O) groups excluding carboxylic acids is 2. The number of rotatable bonds is 4. The van der Waals surface area contributed by atoms with Crippen LogP contribution in [0.3, 0.4) is 0 Å². The number of carboxylic acids is 1. The van der Waals surface area contributed by atoms with Crippen LogP contribution in [-0.2, 0) is 4.79 Å². The van der Waals surface area contributed by atoms with Crippen LogP contribution in [0.5, 0.6) is 11.5 Å². The maximum absolute atomic E-state index is 12.6. The molecule has 2 aliphatic heterocycles. The lowest BCUT2D eigenvalue weighted by Gasteiger charge is -2.27. The van der Waals surface area contributed by atoms with Crippen molar-refractivity contribution in [3.8, 4) is 11.5 Å². The van der Waals surface area contributed by atoms with Gasteiger partial charge in [-0.1, -0.05) is 18.2 Å². The van der Waals surface area contributed by atoms with Gasteiger partial charge in [-0.3, -0.25) is 14.5 Å². The van der Waals surface area contributed by atoms with Gasteiger partial charge in [-0.25, -0.2) is 4.79 Å². The van der Waals surface area contributed by atoms with Crippen LogP contribution in [0, 0.1) is 0 Å². The molecule has 0 bridgehead atoms. The van der Waals surface area contributed by atoms with Crippen molar-refractivity contribution < 1.29 is 34.1 Å². The average Bonchev–Trinajstić information content (AvgIpc) is 3.20. The van der Waals surface area contributed by atoms with Crippen molar-refractivity contribution in [1.82, 2.24) is 4.90 Å². The first-order chi connectivity index (χ1) is 12.5. The Labute approximate surface area is 147 Å². The minimum atomic E-state index is -1.78. The van der Waals surface area contributed by atoms with Crippen molar-refractivity contribution in [3.63, 3.8) is 0 Å². The molecule has 2 atom stereocenters. The van der Waals surface area contributed by atoms with Crippen LogP contribution in [-0.4, -0.2) is 45.7 Å². The van der Waals surface area contributed by atoms with Crippen molar-refractivity contribution >= 4 is 17.8 Å². The van der Waals surface area contributed by atoms with E-state index in [9.17, 15) is 24.6 Å². The second-order valence-corrected chi connectivity index (χ2v) is 5.87. The third kappa shape index (κ3) is 2.31. The molecule has 0 fully saturated rings. The van der Waals surface area contributed by atoms with Gasteiger partial charge in [-0.15, -0.1) is 0 Å². The van der Waals surface area contributed by atoms with Crippen molar-refractivity contribution in [2.24, 2.45) is 0 Å². The van der Waals surface area contributed by atoms with Crippen LogP contribution in [0.15, 0.2) is 42.5 Å². The van der Waals surface area contributed by atoms with E-state index in [1.165, 1.54) is 30.3 Å². The molecular formula is C18H13NO7. The monoisotopic (exact) mass is 355 g/mol. The molecule has 0 aliphatic carbocycles. The van der Waals surface area contributed by atoms with Gasteiger partial charge in [0.25, 0.3) is 11.8 Å². The molecule has 8 nitrogen and oxygen atoms in total. The fourth-order valence-electron chi connectivity index (χ4n) is 3.13. The van der Waals surface area contributed by atoms with Gasteiger partial charge >= 0.3 is 5.97 Å². The third-order valence-corrected chi connectivity index (χ3v) is 4.39. The summed E-state index contributed by atoms with van der Waals surface area (Å²) in [5, 5.41) is 20.2. The highest BCUT2D eigenvalue weighted by atomic mass is 16.7. The molecule has 0 saturated carbocycles. The fourth-order valence-corrected chi connectivity index (χ4v) is 3.13. The number of carbonyl (C=O) groups is 3. The molecule has 132 valence electrons. The number of aliphatic hydroxyl groups is 1. The highest BCUT2D eigenvalue weighted by Crippen LogP contribution is 2.36. The second-order valence-electron chi connectivity index (χ2n) is 5.87. The standard InChI is InChI=1S/C18H13NO7/c20-15(9-5-6-12-13(7-9)26-8-25-12)14(18(23)24)19-16(21)10-3-1-2-4-11(10)17(19)22/h1-7,14-15,20H,8H2,(H,23,24)/t14-,15+/m0/s1. The molecule has 26 heavy (non-hydrogen) atoms. The Bertz CT molecular complexity index is 904. The lowest BCUT2D eigenvalue weighted by molar-refractivity contribution is -0.145. The van der Waals surface area contributed by atoms with Crippen LogP contribution in [0.2, 0.25) is 0 Å². The molecule has 0 aromatic heterocycles. The van der Waals surface area contributed by atoms with Crippen LogP contribution in [0.1, 0.15) is 32.4 Å². The molecule has 0 spiro atoms. The van der Waals surface area contributed by atoms with Crippen molar-refractivity contribution in [2.75, 3.05) is 6.79 Å². The molecule has 2 heterocycles.